The maximum absolute atomic E-state index is 11.3. The van der Waals surface area contributed by atoms with E-state index >= 15 is 0 Å². The van der Waals surface area contributed by atoms with Crippen molar-refractivity contribution in [2.75, 3.05) is 18.1 Å². The quantitative estimate of drug-likeness (QED) is 0.589. The molecule has 0 aliphatic heterocycles. The Balaban J connectivity index is 2.14. The molecule has 0 aliphatic rings. The summed E-state index contributed by atoms with van der Waals surface area (Å²) in [6.07, 6.45) is 9.70. The first-order valence-electron chi connectivity index (χ1n) is 4.12. The van der Waals surface area contributed by atoms with E-state index in [0.717, 1.165) is 5.75 Å². The summed E-state index contributed by atoms with van der Waals surface area (Å²) < 4.78 is 1.39. The van der Waals surface area contributed by atoms with E-state index in [4.69, 9.17) is 6.42 Å². The Labute approximate surface area is 87.1 Å². The third-order valence-electron chi connectivity index (χ3n) is 1.45. The first-order chi connectivity index (χ1) is 6.84. The molecule has 1 rings (SSSR count). The van der Waals surface area contributed by atoms with E-state index < -0.39 is 0 Å². The van der Waals surface area contributed by atoms with Crippen molar-refractivity contribution >= 4 is 17.8 Å². The lowest BCUT2D eigenvalue weighted by Gasteiger charge is -2.03. The van der Waals surface area contributed by atoms with Gasteiger partial charge >= 0.3 is 6.03 Å². The summed E-state index contributed by atoms with van der Waals surface area (Å²) >= 11 is 1.62. The van der Waals surface area contributed by atoms with Crippen molar-refractivity contribution in [2.24, 2.45) is 0 Å². The molecule has 0 atom stereocenters. The van der Waals surface area contributed by atoms with Gasteiger partial charge in [-0.05, 0) is 0 Å². The van der Waals surface area contributed by atoms with Gasteiger partial charge in [0.1, 0.15) is 6.33 Å². The highest BCUT2D eigenvalue weighted by atomic mass is 32.2. The SMILES string of the molecule is C#CCSCCNC(=O)n1ccnc1. The molecule has 0 aliphatic carbocycles. The average Bonchev–Trinajstić information content (AvgIpc) is 2.70. The fourth-order valence-corrected chi connectivity index (χ4v) is 1.34. The lowest BCUT2D eigenvalue weighted by Crippen LogP contribution is -2.29. The van der Waals surface area contributed by atoms with Crippen molar-refractivity contribution in [3.63, 3.8) is 0 Å². The second-order valence-electron chi connectivity index (χ2n) is 2.46. The van der Waals surface area contributed by atoms with Crippen molar-refractivity contribution < 1.29 is 4.79 Å². The highest BCUT2D eigenvalue weighted by Crippen LogP contribution is 1.95. The molecule has 4 nitrogen and oxygen atoms in total. The molecule has 74 valence electrons. The monoisotopic (exact) mass is 209 g/mol. The van der Waals surface area contributed by atoms with E-state index in [1.165, 1.54) is 10.9 Å². The molecule has 1 heterocycles. The average molecular weight is 209 g/mol. The van der Waals surface area contributed by atoms with E-state index in [2.05, 4.69) is 16.2 Å². The van der Waals surface area contributed by atoms with Gasteiger partial charge in [0, 0.05) is 24.7 Å². The van der Waals surface area contributed by atoms with E-state index in [9.17, 15) is 4.79 Å². The maximum atomic E-state index is 11.3. The van der Waals surface area contributed by atoms with Crippen molar-refractivity contribution in [1.82, 2.24) is 14.9 Å². The number of nitrogens with zero attached hydrogens (tertiary/aromatic N) is 2. The van der Waals surface area contributed by atoms with Crippen LogP contribution in [0.15, 0.2) is 18.7 Å². The van der Waals surface area contributed by atoms with Gasteiger partial charge in [0.15, 0.2) is 0 Å². The predicted octanol–water partition coefficient (Wildman–Crippen LogP) is 0.807. The topological polar surface area (TPSA) is 46.9 Å². The number of imidazole rings is 1. The number of aromatic nitrogens is 2. The summed E-state index contributed by atoms with van der Waals surface area (Å²) in [7, 11) is 0. The third-order valence-corrected chi connectivity index (χ3v) is 2.31. The number of amides is 1. The van der Waals surface area contributed by atoms with Gasteiger partial charge < -0.3 is 5.32 Å². The van der Waals surface area contributed by atoms with Gasteiger partial charge in [-0.2, -0.15) is 0 Å². The van der Waals surface area contributed by atoms with Gasteiger partial charge in [0.25, 0.3) is 0 Å². The zero-order valence-electron chi connectivity index (χ0n) is 7.64. The summed E-state index contributed by atoms with van der Waals surface area (Å²) in [5.74, 6) is 4.02. The van der Waals surface area contributed by atoms with Crippen molar-refractivity contribution in [1.29, 1.82) is 0 Å². The van der Waals surface area contributed by atoms with Crippen LogP contribution in [0, 0.1) is 12.3 Å². The minimum atomic E-state index is -0.163. The number of hydrogen-bond acceptors (Lipinski definition) is 3. The molecule has 1 aromatic rings. The highest BCUT2D eigenvalue weighted by Gasteiger charge is 2.00. The number of carbonyl (C=O) groups excluding carboxylic acids is 1. The predicted molar refractivity (Wildman–Crippen MR) is 57.2 cm³/mol. The fraction of sp³-hybridized carbons (Fsp3) is 0.333. The number of thioether (sulfide) groups is 1. The molecular weight excluding hydrogens is 198 g/mol. The lowest BCUT2D eigenvalue weighted by molar-refractivity contribution is 0.243. The fourth-order valence-electron chi connectivity index (χ4n) is 0.832. The first-order valence-corrected chi connectivity index (χ1v) is 5.27. The highest BCUT2D eigenvalue weighted by molar-refractivity contribution is 7.99. The number of terminal acetylenes is 1. The molecule has 14 heavy (non-hydrogen) atoms. The van der Waals surface area contributed by atoms with E-state index in [0.29, 0.717) is 12.3 Å². The number of hydrogen-bond donors (Lipinski definition) is 1. The molecule has 0 bridgehead atoms. The summed E-state index contributed by atoms with van der Waals surface area (Å²) in [6.45, 7) is 0.614. The van der Waals surface area contributed by atoms with Crippen LogP contribution in [-0.4, -0.2) is 33.6 Å². The zero-order valence-corrected chi connectivity index (χ0v) is 8.46. The van der Waals surface area contributed by atoms with Gasteiger partial charge in [0.2, 0.25) is 0 Å². The van der Waals surface area contributed by atoms with Gasteiger partial charge in [-0.3, -0.25) is 4.57 Å². The number of carbonyl (C=O) groups is 1. The minimum absolute atomic E-state index is 0.163. The molecule has 1 N–H and O–H groups in total. The van der Waals surface area contributed by atoms with Crippen molar-refractivity contribution in [3.05, 3.63) is 18.7 Å². The summed E-state index contributed by atoms with van der Waals surface area (Å²) in [5.41, 5.74) is 0. The molecule has 0 saturated heterocycles. The van der Waals surface area contributed by atoms with Crippen LogP contribution in [0.4, 0.5) is 4.79 Å². The van der Waals surface area contributed by atoms with Crippen LogP contribution in [-0.2, 0) is 0 Å². The van der Waals surface area contributed by atoms with Crippen LogP contribution < -0.4 is 5.32 Å². The van der Waals surface area contributed by atoms with Crippen molar-refractivity contribution in [2.45, 2.75) is 0 Å². The Hall–Kier alpha value is -1.41. The molecule has 1 amide bonds. The number of nitrogens with one attached hydrogen (secondary N) is 1. The van der Waals surface area contributed by atoms with E-state index in [1.54, 1.807) is 24.2 Å². The van der Waals surface area contributed by atoms with Gasteiger partial charge in [-0.15, -0.1) is 18.2 Å². The molecule has 0 saturated carbocycles. The standard InChI is InChI=1S/C9H11N3OS/c1-2-6-14-7-4-11-9(13)12-5-3-10-8-12/h1,3,5,8H,4,6-7H2,(H,11,13). The smallest absolute Gasteiger partial charge is 0.326 e. The van der Waals surface area contributed by atoms with Crippen LogP contribution in [0.5, 0.6) is 0 Å². The largest absolute Gasteiger partial charge is 0.337 e. The Kier molecular flexibility index (Phi) is 4.65. The molecule has 1 aromatic heterocycles. The Morgan fingerprint density at radius 2 is 2.57 bits per heavy atom. The van der Waals surface area contributed by atoms with Crippen molar-refractivity contribution in [3.8, 4) is 12.3 Å². The lowest BCUT2D eigenvalue weighted by atomic mass is 10.7. The third kappa shape index (κ3) is 3.54. The van der Waals surface area contributed by atoms with Gasteiger partial charge in [-0.25, -0.2) is 9.78 Å². The Morgan fingerprint density at radius 1 is 1.71 bits per heavy atom. The molecule has 0 unspecified atom stereocenters. The van der Waals surface area contributed by atoms with Crippen LogP contribution in [0.25, 0.3) is 0 Å². The molecule has 0 spiro atoms. The minimum Gasteiger partial charge on any atom is -0.337 e. The van der Waals surface area contributed by atoms with Crippen LogP contribution in [0.2, 0.25) is 0 Å². The second kappa shape index (κ2) is 6.11. The summed E-state index contributed by atoms with van der Waals surface area (Å²) in [6, 6.07) is -0.163. The van der Waals surface area contributed by atoms with E-state index in [-0.39, 0.29) is 6.03 Å². The molecular formula is C9H11N3OS. The van der Waals surface area contributed by atoms with Gasteiger partial charge in [0.05, 0.1) is 5.75 Å². The maximum Gasteiger partial charge on any atom is 0.326 e. The molecule has 0 aromatic carbocycles. The molecule has 0 radical (unpaired) electrons. The zero-order chi connectivity index (χ0) is 10.2. The molecule has 5 heteroatoms. The summed E-state index contributed by atoms with van der Waals surface area (Å²) in [5, 5.41) is 2.74. The van der Waals surface area contributed by atoms with Crippen LogP contribution in [0.1, 0.15) is 0 Å². The Bertz CT molecular complexity index is 315. The summed E-state index contributed by atoms with van der Waals surface area (Å²) in [4.78, 5) is 15.1. The van der Waals surface area contributed by atoms with Crippen LogP contribution in [0.3, 0.4) is 0 Å². The normalized spacial score (nSPS) is 9.36. The van der Waals surface area contributed by atoms with Crippen LogP contribution >= 0.6 is 11.8 Å². The Morgan fingerprint density at radius 3 is 3.21 bits per heavy atom. The molecule has 0 fully saturated rings. The second-order valence-corrected chi connectivity index (χ2v) is 3.56. The number of rotatable bonds is 4. The van der Waals surface area contributed by atoms with E-state index in [1.807, 2.05) is 0 Å². The first kappa shape index (κ1) is 10.7. The van der Waals surface area contributed by atoms with Gasteiger partial charge in [-0.1, -0.05) is 5.92 Å².